The van der Waals surface area contributed by atoms with Gasteiger partial charge in [0.1, 0.15) is 16.8 Å². The molecule has 4 heterocycles. The van der Waals surface area contributed by atoms with Crippen LogP contribution in [0.15, 0.2) is 77.9 Å². The lowest BCUT2D eigenvalue weighted by Crippen LogP contribution is -2.37. The molecule has 1 aliphatic rings. The quantitative estimate of drug-likeness (QED) is 0.363. The van der Waals surface area contributed by atoms with Gasteiger partial charge < -0.3 is 10.1 Å². The summed E-state index contributed by atoms with van der Waals surface area (Å²) >= 11 is 1.10. The molecule has 0 radical (unpaired) electrons. The van der Waals surface area contributed by atoms with Gasteiger partial charge in [-0.25, -0.2) is 0 Å². The molecule has 11 heteroatoms. The normalized spacial score (nSPS) is 14.1. The van der Waals surface area contributed by atoms with E-state index < -0.39 is 11.5 Å². The van der Waals surface area contributed by atoms with Crippen molar-refractivity contribution in [1.29, 1.82) is 0 Å². The van der Waals surface area contributed by atoms with Crippen molar-refractivity contribution in [2.75, 3.05) is 23.4 Å². The van der Waals surface area contributed by atoms with E-state index in [1.807, 2.05) is 6.92 Å². The van der Waals surface area contributed by atoms with E-state index in [1.54, 1.807) is 73.1 Å². The number of thiazole rings is 1. The highest BCUT2D eigenvalue weighted by molar-refractivity contribution is 7.15. The van der Waals surface area contributed by atoms with Crippen molar-refractivity contribution < 1.29 is 14.3 Å². The lowest BCUT2D eigenvalue weighted by molar-refractivity contribution is -0.118. The molecule has 0 atom stereocenters. The molecule has 0 saturated heterocycles. The predicted molar refractivity (Wildman–Crippen MR) is 143 cm³/mol. The van der Waals surface area contributed by atoms with Crippen LogP contribution in [-0.4, -0.2) is 44.5 Å². The molecule has 188 valence electrons. The molecule has 3 aromatic heterocycles. The highest BCUT2D eigenvalue weighted by atomic mass is 32.1. The van der Waals surface area contributed by atoms with Gasteiger partial charge in [-0.15, -0.1) is 5.10 Å². The number of anilines is 2. The zero-order valence-electron chi connectivity index (χ0n) is 20.1. The fourth-order valence-electron chi connectivity index (χ4n) is 4.31. The van der Waals surface area contributed by atoms with E-state index in [0.29, 0.717) is 40.1 Å². The standard InChI is InChI=1S/C27H20N6O4S/c1-2-37-18-9-7-17(8-10-18)29-21(34)15-32-20-6-4-3-5-19(20)22(25(32)35)23-26(36)33-27(38-23)30-24(31-33)16-11-13-28-14-12-16/h3-14H,2,15H2,1H3,(H,29,34). The predicted octanol–water partition coefficient (Wildman–Crippen LogP) is 2.51. The van der Waals surface area contributed by atoms with Gasteiger partial charge in [-0.3, -0.25) is 24.3 Å². The van der Waals surface area contributed by atoms with Crippen molar-refractivity contribution in [3.63, 3.8) is 0 Å². The third-order valence-corrected chi connectivity index (χ3v) is 7.03. The molecule has 2 aromatic carbocycles. The molecule has 6 rings (SSSR count). The molecule has 0 spiro atoms. The van der Waals surface area contributed by atoms with E-state index in [-0.39, 0.29) is 22.6 Å². The van der Waals surface area contributed by atoms with Crippen LogP contribution >= 0.6 is 11.3 Å². The second-order valence-electron chi connectivity index (χ2n) is 8.39. The Morgan fingerprint density at radius 1 is 1.03 bits per heavy atom. The second kappa shape index (κ2) is 9.52. The molecule has 10 nitrogen and oxygen atoms in total. The van der Waals surface area contributed by atoms with Crippen molar-refractivity contribution in [2.45, 2.75) is 6.92 Å². The first-order chi connectivity index (χ1) is 18.5. The van der Waals surface area contributed by atoms with Crippen molar-refractivity contribution in [3.05, 3.63) is 93.5 Å². The van der Waals surface area contributed by atoms with Crippen LogP contribution in [-0.2, 0) is 9.59 Å². The van der Waals surface area contributed by atoms with Gasteiger partial charge in [-0.05, 0) is 49.4 Å². The number of carbonyl (C=O) groups excluding carboxylic acids is 2. The topological polar surface area (TPSA) is 119 Å². The van der Waals surface area contributed by atoms with Crippen LogP contribution in [0.4, 0.5) is 11.4 Å². The summed E-state index contributed by atoms with van der Waals surface area (Å²) in [5.74, 6) is 0.305. The molecule has 5 aromatic rings. The van der Waals surface area contributed by atoms with Gasteiger partial charge in [-0.2, -0.15) is 9.50 Å². The van der Waals surface area contributed by atoms with Crippen molar-refractivity contribution in [1.82, 2.24) is 19.6 Å². The summed E-state index contributed by atoms with van der Waals surface area (Å²) in [7, 11) is 0. The Hall–Kier alpha value is -4.90. The van der Waals surface area contributed by atoms with E-state index >= 15 is 0 Å². The molecule has 1 aliphatic heterocycles. The second-order valence-corrected chi connectivity index (χ2v) is 9.37. The molecule has 0 unspecified atom stereocenters. The fraction of sp³-hybridized carbons (Fsp3) is 0.111. The third-order valence-electron chi connectivity index (χ3n) is 6.00. The number of nitrogens with one attached hydrogen (secondary N) is 1. The number of hydrogen-bond donors (Lipinski definition) is 1. The van der Waals surface area contributed by atoms with E-state index in [1.165, 1.54) is 9.42 Å². The van der Waals surface area contributed by atoms with Gasteiger partial charge in [0.2, 0.25) is 10.9 Å². The number of amides is 2. The Bertz CT molecular complexity index is 1800. The number of pyridine rings is 1. The zero-order chi connectivity index (χ0) is 26.2. The van der Waals surface area contributed by atoms with E-state index in [2.05, 4.69) is 20.4 Å². The minimum atomic E-state index is -0.434. The molecule has 38 heavy (non-hydrogen) atoms. The molecule has 0 bridgehead atoms. The van der Waals surface area contributed by atoms with E-state index in [9.17, 15) is 14.4 Å². The van der Waals surface area contributed by atoms with Crippen molar-refractivity contribution in [3.8, 4) is 17.1 Å². The van der Waals surface area contributed by atoms with Gasteiger partial charge in [-0.1, -0.05) is 29.5 Å². The Labute approximate surface area is 219 Å². The van der Waals surface area contributed by atoms with Crippen molar-refractivity contribution >= 4 is 45.1 Å². The van der Waals surface area contributed by atoms with Crippen LogP contribution in [0.2, 0.25) is 0 Å². The van der Waals surface area contributed by atoms with Crippen LogP contribution in [0, 0.1) is 0 Å². The highest BCUT2D eigenvalue weighted by Crippen LogP contribution is 2.35. The van der Waals surface area contributed by atoms with Crippen LogP contribution in [0.1, 0.15) is 12.5 Å². The highest BCUT2D eigenvalue weighted by Gasteiger charge is 2.35. The van der Waals surface area contributed by atoms with Crippen LogP contribution < -0.4 is 25.0 Å². The lowest BCUT2D eigenvalue weighted by atomic mass is 10.1. The number of fused-ring (bicyclic) bond motifs is 2. The van der Waals surface area contributed by atoms with Crippen molar-refractivity contribution in [2.24, 2.45) is 0 Å². The van der Waals surface area contributed by atoms with Gasteiger partial charge in [0.05, 0.1) is 17.9 Å². The summed E-state index contributed by atoms with van der Waals surface area (Å²) < 4.78 is 6.87. The first-order valence-electron chi connectivity index (χ1n) is 11.8. The minimum Gasteiger partial charge on any atom is -0.494 e. The number of hydrogen-bond acceptors (Lipinski definition) is 8. The summed E-state index contributed by atoms with van der Waals surface area (Å²) in [5.41, 5.74) is 2.27. The monoisotopic (exact) mass is 524 g/mol. The molecule has 1 N–H and O–H groups in total. The van der Waals surface area contributed by atoms with Gasteiger partial charge in [0.25, 0.3) is 11.5 Å². The molecule has 0 aliphatic carbocycles. The van der Waals surface area contributed by atoms with E-state index in [0.717, 1.165) is 16.9 Å². The summed E-state index contributed by atoms with van der Waals surface area (Å²) in [6, 6.07) is 17.6. The Kier molecular flexibility index (Phi) is 5.89. The van der Waals surface area contributed by atoms with Crippen LogP contribution in [0.3, 0.4) is 0 Å². The number of ether oxygens (including phenoxy) is 1. The van der Waals surface area contributed by atoms with E-state index in [4.69, 9.17) is 4.74 Å². The summed E-state index contributed by atoms with van der Waals surface area (Å²) in [6.45, 7) is 2.23. The largest absolute Gasteiger partial charge is 0.494 e. The molecule has 0 saturated carbocycles. The third kappa shape index (κ3) is 4.08. The van der Waals surface area contributed by atoms with Crippen LogP contribution in [0.25, 0.3) is 21.9 Å². The molecular weight excluding hydrogens is 504 g/mol. The maximum absolute atomic E-state index is 13.6. The fourth-order valence-corrected chi connectivity index (χ4v) is 5.31. The summed E-state index contributed by atoms with van der Waals surface area (Å²) in [4.78, 5) is 50.1. The van der Waals surface area contributed by atoms with Crippen LogP contribution in [0.5, 0.6) is 5.75 Å². The number of carbonyl (C=O) groups is 2. The number of benzene rings is 2. The number of aromatic nitrogens is 4. The first-order valence-corrected chi connectivity index (χ1v) is 12.6. The average Bonchev–Trinajstić information content (AvgIpc) is 3.57. The Balaban J connectivity index is 1.33. The van der Waals surface area contributed by atoms with Gasteiger partial charge in [0.15, 0.2) is 5.82 Å². The van der Waals surface area contributed by atoms with Gasteiger partial charge >= 0.3 is 0 Å². The Morgan fingerprint density at radius 3 is 2.53 bits per heavy atom. The first kappa shape index (κ1) is 23.5. The Morgan fingerprint density at radius 2 is 1.79 bits per heavy atom. The molecule has 0 fully saturated rings. The number of rotatable bonds is 6. The maximum Gasteiger partial charge on any atom is 0.291 e. The molecule has 2 amide bonds. The lowest BCUT2D eigenvalue weighted by Gasteiger charge is -2.16. The number of para-hydroxylation sites is 1. The average molecular weight is 525 g/mol. The SMILES string of the molecule is CCOc1ccc(NC(=O)CN2C(=O)C(=c3sc4nc(-c5ccncc5)nn4c3=O)c3ccccc32)cc1. The minimum absolute atomic E-state index is 0.215. The maximum atomic E-state index is 13.6. The number of nitrogens with zero attached hydrogens (tertiary/aromatic N) is 5. The molecular formula is C27H20N6O4S. The van der Waals surface area contributed by atoms with Gasteiger partial charge in [0, 0.05) is 29.2 Å². The summed E-state index contributed by atoms with van der Waals surface area (Å²) in [6.07, 6.45) is 3.25. The zero-order valence-corrected chi connectivity index (χ0v) is 20.9. The smallest absolute Gasteiger partial charge is 0.291 e. The summed E-state index contributed by atoms with van der Waals surface area (Å²) in [5, 5.41) is 7.16.